The molecule has 86 valence electrons. The van der Waals surface area contributed by atoms with Crippen LogP contribution >= 0.6 is 0 Å². The number of rotatable bonds is 8. The van der Waals surface area contributed by atoms with E-state index in [1.807, 2.05) is 0 Å². The summed E-state index contributed by atoms with van der Waals surface area (Å²) in [6.45, 7) is 5.27. The third kappa shape index (κ3) is 7.80. The Labute approximate surface area is 89.3 Å². The minimum atomic E-state index is -4.16. The summed E-state index contributed by atoms with van der Waals surface area (Å²) in [5.41, 5.74) is 0. The summed E-state index contributed by atoms with van der Waals surface area (Å²) < 4.78 is 23.0. The summed E-state index contributed by atoms with van der Waals surface area (Å²) in [5.74, 6) is 0. The average Bonchev–Trinajstić information content (AvgIpc) is 2.04. The molecule has 0 heterocycles. The van der Waals surface area contributed by atoms with Crippen molar-refractivity contribution in [1.29, 1.82) is 0 Å². The predicted octanol–water partition coefficient (Wildman–Crippen LogP) is 3.58. The quantitative estimate of drug-likeness (QED) is 0.480. The number of unbranched alkanes of at least 4 members (excludes halogenated alkanes) is 2. The van der Waals surface area contributed by atoms with Crippen molar-refractivity contribution in [1.82, 2.24) is 0 Å². The Balaban J connectivity index is 3.89. The van der Waals surface area contributed by atoms with Gasteiger partial charge < -0.3 is 0 Å². The maximum absolute atomic E-state index is 12.2. The van der Waals surface area contributed by atoms with Gasteiger partial charge >= 0.3 is 89.2 Å². The summed E-state index contributed by atoms with van der Waals surface area (Å²) in [7, 11) is 0. The fourth-order valence-electron chi connectivity index (χ4n) is 1.05. The molecule has 0 spiro atoms. The van der Waals surface area contributed by atoms with Gasteiger partial charge in [-0.25, -0.2) is 0 Å². The second-order valence-electron chi connectivity index (χ2n) is 4.38. The van der Waals surface area contributed by atoms with E-state index in [1.54, 1.807) is 10.5 Å². The van der Waals surface area contributed by atoms with Gasteiger partial charge in [-0.2, -0.15) is 0 Å². The first-order valence-electron chi connectivity index (χ1n) is 5.60. The Morgan fingerprint density at radius 1 is 0.929 bits per heavy atom. The zero-order valence-corrected chi connectivity index (χ0v) is 11.5. The molecule has 0 aliphatic heterocycles. The van der Waals surface area contributed by atoms with Crippen LogP contribution in [0.2, 0.25) is 10.5 Å². The van der Waals surface area contributed by atoms with Crippen LogP contribution in [0, 0.1) is 0 Å². The van der Waals surface area contributed by atoms with Crippen LogP contribution < -0.4 is 0 Å². The van der Waals surface area contributed by atoms with E-state index in [0.29, 0.717) is 13.2 Å². The molecule has 0 fully saturated rings. The third-order valence-electron chi connectivity index (χ3n) is 2.01. The van der Waals surface area contributed by atoms with E-state index < -0.39 is 16.1 Å². The summed E-state index contributed by atoms with van der Waals surface area (Å²) in [5, 5.41) is 3.28. The molecule has 0 aromatic carbocycles. The molecule has 0 saturated carbocycles. The van der Waals surface area contributed by atoms with Crippen LogP contribution in [0.25, 0.3) is 0 Å². The second-order valence-corrected chi connectivity index (χ2v) is 11.4. The van der Waals surface area contributed by atoms with Crippen LogP contribution in [0.1, 0.15) is 39.5 Å². The van der Waals surface area contributed by atoms with Gasteiger partial charge in [0, 0.05) is 0 Å². The van der Waals surface area contributed by atoms with E-state index in [0.717, 1.165) is 25.7 Å². The van der Waals surface area contributed by atoms with E-state index in [-0.39, 0.29) is 0 Å². The standard InChI is InChI=1S/2C4H9O.2CH3.O.Ti/c2*1-2-3-4-5;;;;/h2*2-4H2,1H3;2*1H3;;/q2*-1;;;;+2. The van der Waals surface area contributed by atoms with Crippen molar-refractivity contribution in [3.8, 4) is 0 Å². The van der Waals surface area contributed by atoms with Crippen molar-refractivity contribution in [2.24, 2.45) is 0 Å². The molecule has 0 aliphatic carbocycles. The van der Waals surface area contributed by atoms with Crippen LogP contribution in [-0.4, -0.2) is 13.2 Å². The van der Waals surface area contributed by atoms with Gasteiger partial charge in [0.2, 0.25) is 0 Å². The molecular formula is C10H24O3Ti. The molecule has 0 amide bonds. The van der Waals surface area contributed by atoms with Gasteiger partial charge in [0.05, 0.1) is 0 Å². The first kappa shape index (κ1) is 14.4. The zero-order valence-electron chi connectivity index (χ0n) is 9.97. The molecule has 0 aromatic heterocycles. The summed E-state index contributed by atoms with van der Waals surface area (Å²) in [6, 6.07) is 0. The van der Waals surface area contributed by atoms with E-state index >= 15 is 0 Å². The first-order chi connectivity index (χ1) is 6.39. The molecule has 3 nitrogen and oxygen atoms in total. The molecule has 0 N–H and O–H groups in total. The Kier molecular flexibility index (Phi) is 6.30. The van der Waals surface area contributed by atoms with Gasteiger partial charge in [-0.1, -0.05) is 0 Å². The summed E-state index contributed by atoms with van der Waals surface area (Å²) >= 11 is -4.16. The van der Waals surface area contributed by atoms with Gasteiger partial charge in [0.25, 0.3) is 0 Å². The van der Waals surface area contributed by atoms with Gasteiger partial charge in [-0.3, -0.25) is 0 Å². The summed E-state index contributed by atoms with van der Waals surface area (Å²) in [4.78, 5) is 0. The average molecular weight is 240 g/mol. The summed E-state index contributed by atoms with van der Waals surface area (Å²) in [6.07, 6.45) is 4.00. The van der Waals surface area contributed by atoms with Crippen LogP contribution in [0.15, 0.2) is 0 Å². The van der Waals surface area contributed by atoms with E-state index in [2.05, 4.69) is 13.8 Å². The molecule has 14 heavy (non-hydrogen) atoms. The molecule has 0 saturated heterocycles. The van der Waals surface area contributed by atoms with Crippen molar-refractivity contribution in [2.75, 3.05) is 13.2 Å². The van der Waals surface area contributed by atoms with Crippen molar-refractivity contribution in [2.45, 2.75) is 50.0 Å². The van der Waals surface area contributed by atoms with E-state index in [4.69, 9.17) is 6.64 Å². The molecule has 0 aromatic rings. The molecule has 0 aliphatic rings. The molecule has 0 bridgehead atoms. The topological polar surface area (TPSA) is 35.5 Å². The Hall–Kier alpha value is 0.434. The van der Waals surface area contributed by atoms with Crippen LogP contribution in [0.4, 0.5) is 0 Å². The van der Waals surface area contributed by atoms with Gasteiger partial charge in [0.1, 0.15) is 0 Å². The van der Waals surface area contributed by atoms with E-state index in [9.17, 15) is 3.32 Å². The SMILES string of the molecule is CCCC[O][Ti]([CH3])([CH3])(=[O])[O]CCCC. The first-order valence-corrected chi connectivity index (χ1v) is 10.6. The maximum atomic E-state index is 12.2. The van der Waals surface area contributed by atoms with Crippen LogP contribution in [-0.2, 0) is 26.0 Å². The van der Waals surface area contributed by atoms with E-state index in [1.165, 1.54) is 0 Å². The van der Waals surface area contributed by atoms with Crippen molar-refractivity contribution >= 4 is 0 Å². The fourth-order valence-corrected chi connectivity index (χ4v) is 3.43. The number of hydrogen-bond donors (Lipinski definition) is 0. The normalized spacial score (nSPS) is 13.2. The predicted molar refractivity (Wildman–Crippen MR) is 54.1 cm³/mol. The zero-order chi connectivity index (χ0) is 11.1. The van der Waals surface area contributed by atoms with Crippen LogP contribution in [0.3, 0.4) is 0 Å². The van der Waals surface area contributed by atoms with Crippen molar-refractivity contribution in [3.05, 3.63) is 0 Å². The monoisotopic (exact) mass is 240 g/mol. The Morgan fingerprint density at radius 2 is 1.29 bits per heavy atom. The molecule has 0 unspecified atom stereocenters. The second kappa shape index (κ2) is 6.11. The Bertz CT molecular complexity index is 191. The molecular weight excluding hydrogens is 216 g/mol. The third-order valence-corrected chi connectivity index (χ3v) is 5.19. The van der Waals surface area contributed by atoms with Crippen LogP contribution in [0.5, 0.6) is 0 Å². The molecule has 4 heteroatoms. The van der Waals surface area contributed by atoms with Crippen molar-refractivity contribution in [3.63, 3.8) is 0 Å². The molecule has 0 radical (unpaired) electrons. The minimum absolute atomic E-state index is 0.552. The van der Waals surface area contributed by atoms with Crippen molar-refractivity contribution < 1.29 is 26.0 Å². The number of hydrogen-bond acceptors (Lipinski definition) is 3. The fraction of sp³-hybridized carbons (Fsp3) is 1.00. The molecule has 0 rings (SSSR count). The van der Waals surface area contributed by atoms with Gasteiger partial charge in [-0.05, 0) is 0 Å². The van der Waals surface area contributed by atoms with Gasteiger partial charge in [0.15, 0.2) is 0 Å². The Morgan fingerprint density at radius 3 is 1.57 bits per heavy atom. The molecule has 0 atom stereocenters. The van der Waals surface area contributed by atoms with Gasteiger partial charge in [-0.15, -0.1) is 0 Å².